The summed E-state index contributed by atoms with van der Waals surface area (Å²) in [5.74, 6) is -0.275. The topological polar surface area (TPSA) is 108 Å². The van der Waals surface area contributed by atoms with E-state index in [0.29, 0.717) is 19.5 Å². The lowest BCUT2D eigenvalue weighted by Gasteiger charge is -2.15. The summed E-state index contributed by atoms with van der Waals surface area (Å²) in [5, 5.41) is 30.7. The Morgan fingerprint density at radius 1 is 1.12 bits per heavy atom. The predicted molar refractivity (Wildman–Crippen MR) is 88.0 cm³/mol. The van der Waals surface area contributed by atoms with Gasteiger partial charge in [-0.3, -0.25) is 4.79 Å². The van der Waals surface area contributed by atoms with E-state index in [9.17, 15) is 15.0 Å². The molecule has 0 amide bonds. The molecular formula is C17H27NO6. The van der Waals surface area contributed by atoms with E-state index in [1.807, 2.05) is 30.3 Å². The van der Waals surface area contributed by atoms with Gasteiger partial charge in [0.2, 0.25) is 0 Å². The van der Waals surface area contributed by atoms with E-state index in [2.05, 4.69) is 10.1 Å². The van der Waals surface area contributed by atoms with Gasteiger partial charge in [0.15, 0.2) is 0 Å². The Morgan fingerprint density at radius 2 is 1.88 bits per heavy atom. The zero-order chi connectivity index (χ0) is 17.6. The number of hydrogen-bond donors (Lipinski definition) is 4. The van der Waals surface area contributed by atoms with E-state index in [-0.39, 0.29) is 32.0 Å². The molecule has 0 bridgehead atoms. The van der Waals surface area contributed by atoms with Crippen LogP contribution in [0.15, 0.2) is 30.3 Å². The highest BCUT2D eigenvalue weighted by atomic mass is 16.6. The Morgan fingerprint density at radius 3 is 2.58 bits per heavy atom. The van der Waals surface area contributed by atoms with Gasteiger partial charge in [-0.15, -0.1) is 0 Å². The van der Waals surface area contributed by atoms with Gasteiger partial charge in [0.1, 0.15) is 13.4 Å². The van der Waals surface area contributed by atoms with Gasteiger partial charge in [-0.2, -0.15) is 0 Å². The van der Waals surface area contributed by atoms with Crippen molar-refractivity contribution in [3.63, 3.8) is 0 Å². The van der Waals surface area contributed by atoms with Crippen molar-refractivity contribution >= 4 is 5.97 Å². The Balaban J connectivity index is 2.00. The van der Waals surface area contributed by atoms with Gasteiger partial charge < -0.3 is 30.1 Å². The monoisotopic (exact) mass is 341 g/mol. The highest BCUT2D eigenvalue weighted by molar-refractivity contribution is 5.69. The van der Waals surface area contributed by atoms with Crippen molar-refractivity contribution in [1.82, 2.24) is 5.32 Å². The minimum Gasteiger partial charge on any atom is -0.461 e. The number of benzene rings is 1. The molecule has 2 atom stereocenters. The van der Waals surface area contributed by atoms with E-state index in [1.165, 1.54) is 0 Å². The smallest absolute Gasteiger partial charge is 0.307 e. The largest absolute Gasteiger partial charge is 0.461 e. The van der Waals surface area contributed by atoms with Crippen LogP contribution in [0.25, 0.3) is 0 Å². The molecule has 0 aromatic heterocycles. The Labute approximate surface area is 142 Å². The van der Waals surface area contributed by atoms with E-state index in [1.54, 1.807) is 0 Å². The predicted octanol–water partition coefficient (Wildman–Crippen LogP) is 0.178. The van der Waals surface area contributed by atoms with Crippen LogP contribution in [-0.4, -0.2) is 60.0 Å². The number of carbonyl (C=O) groups is 1. The minimum atomic E-state index is -0.805. The third-order valence-corrected chi connectivity index (χ3v) is 3.35. The molecule has 0 saturated carbocycles. The summed E-state index contributed by atoms with van der Waals surface area (Å²) in [6, 6.07) is 9.48. The van der Waals surface area contributed by atoms with Crippen molar-refractivity contribution in [2.45, 2.75) is 38.1 Å². The van der Waals surface area contributed by atoms with Crippen molar-refractivity contribution in [2.75, 3.05) is 26.5 Å². The van der Waals surface area contributed by atoms with E-state index < -0.39 is 19.0 Å². The van der Waals surface area contributed by atoms with Crippen LogP contribution in [0.4, 0.5) is 0 Å². The molecule has 24 heavy (non-hydrogen) atoms. The van der Waals surface area contributed by atoms with Crippen LogP contribution in [0.2, 0.25) is 0 Å². The number of rotatable bonds is 13. The molecule has 0 aliphatic rings. The molecule has 7 heteroatoms. The molecule has 0 aliphatic carbocycles. The molecule has 0 fully saturated rings. The normalized spacial score (nSPS) is 13.5. The SMILES string of the molecule is O=C(CCNCCC(O)C[C@H](O)COCO)OCc1ccccc1. The summed E-state index contributed by atoms with van der Waals surface area (Å²) in [7, 11) is 0. The first-order valence-corrected chi connectivity index (χ1v) is 8.06. The number of carbonyl (C=O) groups excluding carboxylic acids is 1. The lowest BCUT2D eigenvalue weighted by Crippen LogP contribution is -2.27. The zero-order valence-corrected chi connectivity index (χ0v) is 13.8. The van der Waals surface area contributed by atoms with Crippen LogP contribution in [0, 0.1) is 0 Å². The summed E-state index contributed by atoms with van der Waals surface area (Å²) in [4.78, 5) is 11.6. The number of esters is 1. The fraction of sp³-hybridized carbons (Fsp3) is 0.588. The number of nitrogens with one attached hydrogen (secondary N) is 1. The lowest BCUT2D eigenvalue weighted by molar-refractivity contribution is -0.144. The number of hydrogen-bond acceptors (Lipinski definition) is 7. The van der Waals surface area contributed by atoms with Crippen LogP contribution in [0.1, 0.15) is 24.8 Å². The molecule has 7 nitrogen and oxygen atoms in total. The second kappa shape index (κ2) is 12.9. The summed E-state index contributed by atoms with van der Waals surface area (Å²) < 4.78 is 9.80. The van der Waals surface area contributed by atoms with Crippen molar-refractivity contribution in [1.29, 1.82) is 0 Å². The molecule has 1 aromatic carbocycles. The van der Waals surface area contributed by atoms with Crippen LogP contribution in [0.5, 0.6) is 0 Å². The summed E-state index contributed by atoms with van der Waals surface area (Å²) in [6.45, 7) is 0.812. The maximum atomic E-state index is 11.6. The molecule has 136 valence electrons. The molecule has 0 radical (unpaired) electrons. The molecule has 1 unspecified atom stereocenters. The van der Waals surface area contributed by atoms with Gasteiger partial charge in [-0.25, -0.2) is 0 Å². The van der Waals surface area contributed by atoms with Gasteiger partial charge in [0.25, 0.3) is 0 Å². The Hall–Kier alpha value is -1.51. The van der Waals surface area contributed by atoms with Crippen LogP contribution >= 0.6 is 0 Å². The molecule has 0 heterocycles. The summed E-state index contributed by atoms with van der Waals surface area (Å²) >= 11 is 0. The van der Waals surface area contributed by atoms with Crippen LogP contribution in [-0.2, 0) is 20.9 Å². The van der Waals surface area contributed by atoms with E-state index in [0.717, 1.165) is 5.56 Å². The van der Waals surface area contributed by atoms with Crippen molar-refractivity contribution < 1.29 is 29.6 Å². The van der Waals surface area contributed by atoms with Gasteiger partial charge >= 0.3 is 5.97 Å². The minimum absolute atomic E-state index is 0.00571. The van der Waals surface area contributed by atoms with Crippen molar-refractivity contribution in [2.24, 2.45) is 0 Å². The molecule has 0 spiro atoms. The van der Waals surface area contributed by atoms with Gasteiger partial charge in [-0.1, -0.05) is 30.3 Å². The first-order chi connectivity index (χ1) is 11.6. The third kappa shape index (κ3) is 10.3. The fourth-order valence-electron chi connectivity index (χ4n) is 2.08. The van der Waals surface area contributed by atoms with E-state index in [4.69, 9.17) is 9.84 Å². The average molecular weight is 341 g/mol. The summed E-state index contributed by atoms with van der Waals surface area (Å²) in [5.41, 5.74) is 0.950. The number of aliphatic hydroxyl groups is 3. The van der Waals surface area contributed by atoms with Gasteiger partial charge in [0.05, 0.1) is 25.2 Å². The average Bonchev–Trinajstić information content (AvgIpc) is 2.58. The Bertz CT molecular complexity index is 442. The first kappa shape index (κ1) is 20.5. The fourth-order valence-corrected chi connectivity index (χ4v) is 2.08. The quantitative estimate of drug-likeness (QED) is 0.230. The van der Waals surface area contributed by atoms with E-state index >= 15 is 0 Å². The summed E-state index contributed by atoms with van der Waals surface area (Å²) in [6.07, 6.45) is -0.577. The van der Waals surface area contributed by atoms with Crippen LogP contribution < -0.4 is 5.32 Å². The Kier molecular flexibility index (Phi) is 11.0. The second-order valence-corrected chi connectivity index (χ2v) is 5.48. The highest BCUT2D eigenvalue weighted by Gasteiger charge is 2.12. The molecule has 4 N–H and O–H groups in total. The second-order valence-electron chi connectivity index (χ2n) is 5.48. The molecule has 1 aromatic rings. The van der Waals surface area contributed by atoms with Gasteiger partial charge in [-0.05, 0) is 18.5 Å². The number of ether oxygens (including phenoxy) is 2. The lowest BCUT2D eigenvalue weighted by atomic mass is 10.1. The molecular weight excluding hydrogens is 314 g/mol. The molecule has 1 rings (SSSR count). The van der Waals surface area contributed by atoms with Crippen molar-refractivity contribution in [3.8, 4) is 0 Å². The number of aliphatic hydroxyl groups excluding tert-OH is 3. The highest BCUT2D eigenvalue weighted by Crippen LogP contribution is 2.03. The third-order valence-electron chi connectivity index (χ3n) is 3.35. The zero-order valence-electron chi connectivity index (χ0n) is 13.8. The maximum absolute atomic E-state index is 11.6. The van der Waals surface area contributed by atoms with Gasteiger partial charge in [0, 0.05) is 13.0 Å². The van der Waals surface area contributed by atoms with Crippen molar-refractivity contribution in [3.05, 3.63) is 35.9 Å². The van der Waals surface area contributed by atoms with Crippen LogP contribution in [0.3, 0.4) is 0 Å². The molecule has 0 aliphatic heterocycles. The standard InChI is InChI=1S/C17H27NO6/c19-13-23-12-16(21)10-15(20)6-8-18-9-7-17(22)24-11-14-4-2-1-3-5-14/h1-5,15-16,18-21H,6-13H2/t15?,16-/m0/s1. The maximum Gasteiger partial charge on any atom is 0.307 e. The first-order valence-electron chi connectivity index (χ1n) is 8.06. The molecule has 0 saturated heterocycles.